The Morgan fingerprint density at radius 3 is 3.10 bits per heavy atom. The normalized spacial score (nSPS) is 17.7. The molecule has 0 radical (unpaired) electrons. The highest BCUT2D eigenvalue weighted by atomic mass is 35.5. The van der Waals surface area contributed by atoms with Gasteiger partial charge in [-0.25, -0.2) is 19.3 Å². The SMILES string of the molecule is NCCCN1CCC[C@@H](CNc2nc(-c3c[nH]c4ncc(Cl)cc34)ncc2F)C1. The molecule has 0 unspecified atom stereocenters. The van der Waals surface area contributed by atoms with Gasteiger partial charge in [-0.1, -0.05) is 11.6 Å². The van der Waals surface area contributed by atoms with Crippen LogP contribution in [0.1, 0.15) is 19.3 Å². The average Bonchev–Trinajstić information content (AvgIpc) is 3.15. The summed E-state index contributed by atoms with van der Waals surface area (Å²) >= 11 is 6.07. The van der Waals surface area contributed by atoms with E-state index in [0.29, 0.717) is 35.5 Å². The molecule has 3 aromatic rings. The van der Waals surface area contributed by atoms with Gasteiger partial charge in [0.2, 0.25) is 0 Å². The van der Waals surface area contributed by atoms with E-state index in [2.05, 4.69) is 30.2 Å². The van der Waals surface area contributed by atoms with E-state index in [4.69, 9.17) is 17.3 Å². The molecule has 1 aliphatic rings. The Balaban J connectivity index is 1.48. The predicted octanol–water partition coefficient (Wildman–Crippen LogP) is 3.29. The minimum absolute atomic E-state index is 0.221. The molecule has 154 valence electrons. The van der Waals surface area contributed by atoms with Gasteiger partial charge in [-0.3, -0.25) is 0 Å². The summed E-state index contributed by atoms with van der Waals surface area (Å²) in [6, 6.07) is 1.80. The zero-order valence-electron chi connectivity index (χ0n) is 16.2. The van der Waals surface area contributed by atoms with E-state index in [9.17, 15) is 4.39 Å². The number of likely N-dealkylation sites (tertiary alicyclic amines) is 1. The van der Waals surface area contributed by atoms with Crippen LogP contribution in [0.15, 0.2) is 24.7 Å². The van der Waals surface area contributed by atoms with Gasteiger partial charge < -0.3 is 20.9 Å². The van der Waals surface area contributed by atoms with Crippen molar-refractivity contribution in [2.75, 3.05) is 38.0 Å². The van der Waals surface area contributed by atoms with Crippen LogP contribution < -0.4 is 11.1 Å². The van der Waals surface area contributed by atoms with E-state index < -0.39 is 5.82 Å². The number of anilines is 1. The molecule has 29 heavy (non-hydrogen) atoms. The van der Waals surface area contributed by atoms with E-state index in [0.717, 1.165) is 49.8 Å². The van der Waals surface area contributed by atoms with Gasteiger partial charge in [-0.15, -0.1) is 0 Å². The van der Waals surface area contributed by atoms with Gasteiger partial charge in [0.05, 0.1) is 11.2 Å². The van der Waals surface area contributed by atoms with E-state index in [-0.39, 0.29) is 5.82 Å². The lowest BCUT2D eigenvalue weighted by Gasteiger charge is -2.32. The molecule has 4 heterocycles. The van der Waals surface area contributed by atoms with Crippen molar-refractivity contribution in [2.45, 2.75) is 19.3 Å². The maximum absolute atomic E-state index is 14.3. The van der Waals surface area contributed by atoms with Crippen LogP contribution in [-0.4, -0.2) is 57.6 Å². The van der Waals surface area contributed by atoms with Crippen LogP contribution in [0.5, 0.6) is 0 Å². The number of fused-ring (bicyclic) bond motifs is 1. The summed E-state index contributed by atoms with van der Waals surface area (Å²) in [4.78, 5) is 18.4. The second kappa shape index (κ2) is 9.02. The largest absolute Gasteiger partial charge is 0.367 e. The number of nitrogens with one attached hydrogen (secondary N) is 2. The Hall–Kier alpha value is -2.29. The predicted molar refractivity (Wildman–Crippen MR) is 113 cm³/mol. The first-order valence-corrected chi connectivity index (χ1v) is 10.3. The molecule has 1 fully saturated rings. The summed E-state index contributed by atoms with van der Waals surface area (Å²) in [5.74, 6) is 0.645. The Morgan fingerprint density at radius 1 is 1.34 bits per heavy atom. The first-order chi connectivity index (χ1) is 14.1. The Kier molecular flexibility index (Phi) is 6.22. The fourth-order valence-electron chi connectivity index (χ4n) is 3.86. The van der Waals surface area contributed by atoms with Crippen molar-refractivity contribution in [3.8, 4) is 11.4 Å². The molecule has 0 spiro atoms. The molecule has 0 saturated carbocycles. The summed E-state index contributed by atoms with van der Waals surface area (Å²) in [5, 5.41) is 4.52. The topological polar surface area (TPSA) is 95.8 Å². The number of aromatic nitrogens is 4. The highest BCUT2D eigenvalue weighted by Gasteiger charge is 2.20. The molecule has 9 heteroatoms. The molecule has 0 aliphatic carbocycles. The molecule has 0 aromatic carbocycles. The lowest BCUT2D eigenvalue weighted by molar-refractivity contribution is 0.179. The van der Waals surface area contributed by atoms with Gasteiger partial charge in [-0.2, -0.15) is 0 Å². The lowest BCUT2D eigenvalue weighted by atomic mass is 9.98. The van der Waals surface area contributed by atoms with Crippen molar-refractivity contribution in [3.63, 3.8) is 0 Å². The van der Waals surface area contributed by atoms with E-state index in [1.807, 2.05) is 0 Å². The Bertz CT molecular complexity index is 977. The van der Waals surface area contributed by atoms with Gasteiger partial charge in [0, 0.05) is 36.4 Å². The zero-order chi connectivity index (χ0) is 20.2. The number of halogens is 2. The fourth-order valence-corrected chi connectivity index (χ4v) is 4.02. The lowest BCUT2D eigenvalue weighted by Crippen LogP contribution is -2.39. The molecule has 0 bridgehead atoms. The second-order valence-corrected chi connectivity index (χ2v) is 7.91. The first kappa shape index (κ1) is 20.0. The number of piperidine rings is 1. The number of hydrogen-bond donors (Lipinski definition) is 3. The van der Waals surface area contributed by atoms with E-state index >= 15 is 0 Å². The number of pyridine rings is 1. The van der Waals surface area contributed by atoms with Crippen LogP contribution in [0.2, 0.25) is 5.02 Å². The third-order valence-electron chi connectivity index (χ3n) is 5.32. The molecular formula is C20H25ClFN7. The maximum atomic E-state index is 14.3. The summed E-state index contributed by atoms with van der Waals surface area (Å²) in [7, 11) is 0. The van der Waals surface area contributed by atoms with Crippen molar-refractivity contribution in [1.29, 1.82) is 0 Å². The molecule has 1 atom stereocenters. The summed E-state index contributed by atoms with van der Waals surface area (Å²) in [6.45, 7) is 4.52. The van der Waals surface area contributed by atoms with Gasteiger partial charge in [0.15, 0.2) is 17.5 Å². The molecule has 1 saturated heterocycles. The standard InChI is InChI=1S/C20H25ClFN7/c21-14-7-15-16(10-26-18(15)25-9-14)19-27-11-17(22)20(28-19)24-8-13-3-1-5-29(12-13)6-2-4-23/h7,9-11,13H,1-6,8,12,23H2,(H,25,26)(H,24,27,28)/t13-/m0/s1. The van der Waals surface area contributed by atoms with Crippen molar-refractivity contribution >= 4 is 28.5 Å². The van der Waals surface area contributed by atoms with Crippen LogP contribution in [0.4, 0.5) is 10.2 Å². The van der Waals surface area contributed by atoms with Gasteiger partial charge >= 0.3 is 0 Å². The number of aromatic amines is 1. The third kappa shape index (κ3) is 4.66. The third-order valence-corrected chi connectivity index (χ3v) is 5.53. The molecule has 4 rings (SSSR count). The number of nitrogens with zero attached hydrogens (tertiary/aromatic N) is 4. The molecule has 1 aliphatic heterocycles. The summed E-state index contributed by atoms with van der Waals surface area (Å²) < 4.78 is 14.3. The van der Waals surface area contributed by atoms with Crippen LogP contribution >= 0.6 is 11.6 Å². The van der Waals surface area contributed by atoms with E-state index in [1.165, 1.54) is 6.20 Å². The Labute approximate surface area is 173 Å². The number of rotatable bonds is 7. The Morgan fingerprint density at radius 2 is 2.24 bits per heavy atom. The quantitative estimate of drug-likeness (QED) is 0.546. The van der Waals surface area contributed by atoms with Crippen LogP contribution in [0.3, 0.4) is 0 Å². The molecular weight excluding hydrogens is 393 g/mol. The molecule has 4 N–H and O–H groups in total. The molecule has 7 nitrogen and oxygen atoms in total. The number of nitrogens with two attached hydrogens (primary N) is 1. The molecule has 0 amide bonds. The van der Waals surface area contributed by atoms with Crippen molar-refractivity contribution in [2.24, 2.45) is 11.7 Å². The van der Waals surface area contributed by atoms with Crippen molar-refractivity contribution in [1.82, 2.24) is 24.8 Å². The van der Waals surface area contributed by atoms with Crippen molar-refractivity contribution in [3.05, 3.63) is 35.5 Å². The number of hydrogen-bond acceptors (Lipinski definition) is 6. The van der Waals surface area contributed by atoms with Gasteiger partial charge in [0.25, 0.3) is 0 Å². The first-order valence-electron chi connectivity index (χ1n) is 9.96. The van der Waals surface area contributed by atoms with Gasteiger partial charge in [0.1, 0.15) is 5.65 Å². The van der Waals surface area contributed by atoms with E-state index in [1.54, 1.807) is 18.5 Å². The highest BCUT2D eigenvalue weighted by molar-refractivity contribution is 6.31. The minimum atomic E-state index is -0.458. The average molecular weight is 418 g/mol. The molecule has 3 aromatic heterocycles. The van der Waals surface area contributed by atoms with Crippen LogP contribution in [0, 0.1) is 11.7 Å². The maximum Gasteiger partial charge on any atom is 0.183 e. The van der Waals surface area contributed by atoms with Crippen LogP contribution in [0.25, 0.3) is 22.4 Å². The zero-order valence-corrected chi connectivity index (χ0v) is 16.9. The minimum Gasteiger partial charge on any atom is -0.367 e. The summed E-state index contributed by atoms with van der Waals surface area (Å²) in [5.41, 5.74) is 7.05. The monoisotopic (exact) mass is 417 g/mol. The smallest absolute Gasteiger partial charge is 0.183 e. The van der Waals surface area contributed by atoms with Crippen molar-refractivity contribution < 1.29 is 4.39 Å². The number of H-pyrrole nitrogens is 1. The highest BCUT2D eigenvalue weighted by Crippen LogP contribution is 2.28. The fraction of sp³-hybridized carbons (Fsp3) is 0.450. The van der Waals surface area contributed by atoms with Gasteiger partial charge in [-0.05, 0) is 50.9 Å². The second-order valence-electron chi connectivity index (χ2n) is 7.47. The summed E-state index contributed by atoms with van der Waals surface area (Å²) in [6.07, 6.45) is 7.82. The van der Waals surface area contributed by atoms with Crippen LogP contribution in [-0.2, 0) is 0 Å².